The number of amidine groups is 1. The van der Waals surface area contributed by atoms with Crippen molar-refractivity contribution in [2.45, 2.75) is 43.0 Å². The van der Waals surface area contributed by atoms with E-state index in [1.54, 1.807) is 7.05 Å². The Kier molecular flexibility index (Phi) is 4.84. The molecule has 1 aromatic rings. The van der Waals surface area contributed by atoms with Crippen LogP contribution in [0.5, 0.6) is 0 Å². The molecule has 1 unspecified atom stereocenters. The molecule has 0 amide bonds. The summed E-state index contributed by atoms with van der Waals surface area (Å²) in [5.74, 6) is -0.0598. The maximum Gasteiger partial charge on any atom is 0.244 e. The van der Waals surface area contributed by atoms with E-state index >= 15 is 0 Å². The second-order valence-electron chi connectivity index (χ2n) is 5.37. The lowest BCUT2D eigenvalue weighted by Crippen LogP contribution is -2.49. The number of nitrogens with two attached hydrogens (primary N) is 1. The Morgan fingerprint density at radius 3 is 2.71 bits per heavy atom. The third-order valence-corrected chi connectivity index (χ3v) is 5.22. The summed E-state index contributed by atoms with van der Waals surface area (Å²) in [6, 6.07) is -0.694. The molecule has 4 N–H and O–H groups in total. The van der Waals surface area contributed by atoms with Gasteiger partial charge in [-0.25, -0.2) is 13.1 Å². The van der Waals surface area contributed by atoms with Crippen molar-refractivity contribution in [3.8, 4) is 0 Å². The van der Waals surface area contributed by atoms with E-state index in [1.165, 1.54) is 17.1 Å². The number of rotatable bonds is 5. The fourth-order valence-electron chi connectivity index (χ4n) is 2.70. The monoisotopic (exact) mass is 315 g/mol. The predicted octanol–water partition coefficient (Wildman–Crippen LogP) is 0.394. The van der Waals surface area contributed by atoms with Gasteiger partial charge >= 0.3 is 0 Å². The molecule has 1 aromatic heterocycles. The van der Waals surface area contributed by atoms with Crippen LogP contribution in [0.25, 0.3) is 0 Å². The molecule has 9 heteroatoms. The number of nitrogens with zero attached hydrogens (tertiary/aromatic N) is 3. The molecule has 0 aromatic carbocycles. The van der Waals surface area contributed by atoms with Crippen LogP contribution in [0, 0.1) is 5.92 Å². The first-order valence-corrected chi connectivity index (χ1v) is 8.41. The number of hydrogen-bond acceptors (Lipinski definition) is 5. The molecule has 1 heterocycles. The van der Waals surface area contributed by atoms with Crippen LogP contribution in [-0.4, -0.2) is 35.3 Å². The first-order valence-electron chi connectivity index (χ1n) is 6.92. The number of oxime groups is 1. The third-order valence-electron chi connectivity index (χ3n) is 3.83. The fourth-order valence-corrected chi connectivity index (χ4v) is 3.96. The lowest BCUT2D eigenvalue weighted by Gasteiger charge is -2.29. The highest BCUT2D eigenvalue weighted by Crippen LogP contribution is 2.27. The zero-order valence-electron chi connectivity index (χ0n) is 11.9. The molecule has 0 bridgehead atoms. The summed E-state index contributed by atoms with van der Waals surface area (Å²) in [5.41, 5.74) is 5.69. The van der Waals surface area contributed by atoms with Crippen molar-refractivity contribution in [3.05, 3.63) is 12.4 Å². The Labute approximate surface area is 124 Å². The Bertz CT molecular complexity index is 604. The second kappa shape index (κ2) is 6.44. The van der Waals surface area contributed by atoms with Crippen LogP contribution in [0.4, 0.5) is 0 Å². The summed E-state index contributed by atoms with van der Waals surface area (Å²) >= 11 is 0. The molecule has 1 aliphatic rings. The zero-order valence-corrected chi connectivity index (χ0v) is 12.8. The smallest absolute Gasteiger partial charge is 0.244 e. The van der Waals surface area contributed by atoms with E-state index in [1.807, 2.05) is 0 Å². The van der Waals surface area contributed by atoms with Gasteiger partial charge in [0.1, 0.15) is 4.90 Å². The summed E-state index contributed by atoms with van der Waals surface area (Å²) in [5, 5.41) is 15.8. The van der Waals surface area contributed by atoms with Crippen molar-refractivity contribution in [1.29, 1.82) is 0 Å². The molecule has 8 nitrogen and oxygen atoms in total. The van der Waals surface area contributed by atoms with E-state index < -0.39 is 16.1 Å². The van der Waals surface area contributed by atoms with Gasteiger partial charge in [0, 0.05) is 13.2 Å². The van der Waals surface area contributed by atoms with Crippen molar-refractivity contribution in [1.82, 2.24) is 14.5 Å². The molecule has 2 rings (SSSR count). The Morgan fingerprint density at radius 2 is 2.19 bits per heavy atom. The minimum Gasteiger partial charge on any atom is -0.409 e. The van der Waals surface area contributed by atoms with Gasteiger partial charge in [0.15, 0.2) is 5.84 Å². The number of aryl methyl sites for hydroxylation is 1. The maximum atomic E-state index is 12.4. The van der Waals surface area contributed by atoms with Gasteiger partial charge in [-0.1, -0.05) is 24.4 Å². The number of nitrogens with one attached hydrogen (secondary N) is 1. The van der Waals surface area contributed by atoms with E-state index in [4.69, 9.17) is 10.9 Å². The number of aromatic nitrogens is 2. The molecule has 0 radical (unpaired) electrons. The molecule has 0 spiro atoms. The molecule has 0 saturated heterocycles. The van der Waals surface area contributed by atoms with Crippen LogP contribution in [0.1, 0.15) is 32.1 Å². The summed E-state index contributed by atoms with van der Waals surface area (Å²) in [4.78, 5) is 0.0662. The largest absolute Gasteiger partial charge is 0.409 e. The summed E-state index contributed by atoms with van der Waals surface area (Å²) in [6.07, 6.45) is 7.57. The average Bonchev–Trinajstić information content (AvgIpc) is 2.92. The molecular formula is C12H21N5O3S. The van der Waals surface area contributed by atoms with Crippen molar-refractivity contribution in [2.24, 2.45) is 23.9 Å². The molecule has 1 aliphatic carbocycles. The molecular weight excluding hydrogens is 294 g/mol. The van der Waals surface area contributed by atoms with Gasteiger partial charge in [-0.05, 0) is 18.8 Å². The van der Waals surface area contributed by atoms with Gasteiger partial charge in [0.05, 0.1) is 12.2 Å². The van der Waals surface area contributed by atoms with E-state index in [-0.39, 0.29) is 16.6 Å². The zero-order chi connectivity index (χ0) is 15.5. The van der Waals surface area contributed by atoms with Crippen LogP contribution in [0.2, 0.25) is 0 Å². The molecule has 1 fully saturated rings. The van der Waals surface area contributed by atoms with Crippen LogP contribution in [-0.2, 0) is 17.1 Å². The molecule has 118 valence electrons. The standard InChI is InChI=1S/C12H21N5O3S/c1-17-8-10(7-14-17)21(19,20)16-11(12(13)15-18)9-5-3-2-4-6-9/h7-9,11,16,18H,2-6H2,1H3,(H2,13,15). The number of sulfonamides is 1. The third kappa shape index (κ3) is 3.73. The van der Waals surface area contributed by atoms with Gasteiger partial charge in [0.25, 0.3) is 0 Å². The normalized spacial score (nSPS) is 19.6. The quantitative estimate of drug-likeness (QED) is 0.314. The summed E-state index contributed by atoms with van der Waals surface area (Å²) < 4.78 is 28.7. The van der Waals surface area contributed by atoms with Crippen LogP contribution < -0.4 is 10.5 Å². The first-order chi connectivity index (χ1) is 9.94. The maximum absolute atomic E-state index is 12.4. The van der Waals surface area contributed by atoms with Crippen molar-refractivity contribution in [3.63, 3.8) is 0 Å². The molecule has 0 aliphatic heterocycles. The average molecular weight is 315 g/mol. The second-order valence-corrected chi connectivity index (χ2v) is 7.09. The predicted molar refractivity (Wildman–Crippen MR) is 77.3 cm³/mol. The van der Waals surface area contributed by atoms with Crippen molar-refractivity contribution < 1.29 is 13.6 Å². The lowest BCUT2D eigenvalue weighted by molar-refractivity contribution is 0.297. The van der Waals surface area contributed by atoms with E-state index in [2.05, 4.69) is 15.0 Å². The van der Waals surface area contributed by atoms with E-state index in [0.29, 0.717) is 0 Å². The van der Waals surface area contributed by atoms with E-state index in [0.717, 1.165) is 32.1 Å². The van der Waals surface area contributed by atoms with E-state index in [9.17, 15) is 8.42 Å². The Morgan fingerprint density at radius 1 is 1.52 bits per heavy atom. The SMILES string of the molecule is Cn1cc(S(=O)(=O)NC(C(N)=NO)C2CCCCC2)cn1. The van der Waals surface area contributed by atoms with Crippen molar-refractivity contribution in [2.75, 3.05) is 0 Å². The highest BCUT2D eigenvalue weighted by molar-refractivity contribution is 7.89. The topological polar surface area (TPSA) is 123 Å². The Balaban J connectivity index is 2.22. The highest BCUT2D eigenvalue weighted by Gasteiger charge is 2.31. The van der Waals surface area contributed by atoms with Gasteiger partial charge < -0.3 is 10.9 Å². The highest BCUT2D eigenvalue weighted by atomic mass is 32.2. The summed E-state index contributed by atoms with van der Waals surface area (Å²) in [7, 11) is -2.11. The Hall–Kier alpha value is -1.61. The van der Waals surface area contributed by atoms with Gasteiger partial charge in [-0.15, -0.1) is 0 Å². The van der Waals surface area contributed by atoms with Gasteiger partial charge in [-0.3, -0.25) is 4.68 Å². The molecule has 1 saturated carbocycles. The van der Waals surface area contributed by atoms with Gasteiger partial charge in [0.2, 0.25) is 10.0 Å². The van der Waals surface area contributed by atoms with Crippen LogP contribution in [0.15, 0.2) is 22.4 Å². The molecule has 21 heavy (non-hydrogen) atoms. The van der Waals surface area contributed by atoms with Gasteiger partial charge in [-0.2, -0.15) is 5.10 Å². The minimum absolute atomic E-state index is 0.0427. The minimum atomic E-state index is -3.75. The number of hydrogen-bond donors (Lipinski definition) is 3. The van der Waals surface area contributed by atoms with Crippen molar-refractivity contribution >= 4 is 15.9 Å². The van der Waals surface area contributed by atoms with Crippen LogP contribution >= 0.6 is 0 Å². The fraction of sp³-hybridized carbons (Fsp3) is 0.667. The molecule has 1 atom stereocenters. The lowest BCUT2D eigenvalue weighted by atomic mass is 9.84. The van der Waals surface area contributed by atoms with Crippen LogP contribution in [0.3, 0.4) is 0 Å². The first kappa shape index (κ1) is 15.8. The summed E-state index contributed by atoms with van der Waals surface area (Å²) in [6.45, 7) is 0.